The van der Waals surface area contributed by atoms with E-state index in [0.29, 0.717) is 24.1 Å². The van der Waals surface area contributed by atoms with Gasteiger partial charge in [-0.1, -0.05) is 26.8 Å². The number of hydrogen-bond acceptors (Lipinski definition) is 7. The molecule has 11 heteroatoms. The first-order chi connectivity index (χ1) is 18.2. The first kappa shape index (κ1) is 27.3. The second kappa shape index (κ2) is 9.44. The average molecular weight is 559 g/mol. The second-order valence-corrected chi connectivity index (χ2v) is 11.3. The van der Waals surface area contributed by atoms with Gasteiger partial charge in [0.1, 0.15) is 18.3 Å². The molecule has 222 valence electrons. The van der Waals surface area contributed by atoms with Gasteiger partial charge in [0.05, 0.1) is 18.6 Å². The van der Waals surface area contributed by atoms with E-state index < -0.39 is 36.6 Å². The third kappa shape index (κ3) is 5.07. The first-order valence-corrected chi connectivity index (χ1v) is 12.7. The molecular formula is C28H44F2N2O7. The lowest BCUT2D eigenvalue weighted by Gasteiger charge is -2.27. The lowest BCUT2D eigenvalue weighted by atomic mass is 9.92. The van der Waals surface area contributed by atoms with Gasteiger partial charge < -0.3 is 39.8 Å². The van der Waals surface area contributed by atoms with Gasteiger partial charge >= 0.3 is 6.29 Å². The molecule has 1 aliphatic carbocycles. The highest BCUT2D eigenvalue weighted by atomic mass is 19.3. The Morgan fingerprint density at radius 3 is 2.38 bits per heavy atom. The minimum absolute atomic E-state index is 0. The van der Waals surface area contributed by atoms with Gasteiger partial charge in [-0.3, -0.25) is 4.79 Å². The molecule has 2 aliphatic rings. The van der Waals surface area contributed by atoms with Crippen LogP contribution in [0, 0.1) is 0 Å². The third-order valence-corrected chi connectivity index (χ3v) is 7.41. The third-order valence-electron chi connectivity index (χ3n) is 7.41. The van der Waals surface area contributed by atoms with Gasteiger partial charge in [0.25, 0.3) is 0 Å². The van der Waals surface area contributed by atoms with Gasteiger partial charge in [-0.2, -0.15) is 0 Å². The Morgan fingerprint density at radius 1 is 1.05 bits per heavy atom. The standard InChI is InChI=1S/C28H32F2N2O7.6H2/c1-26(2,3)23-11-15-10-17(5-6-18(15)32(23)13-19(34)24(36)20(35)14-33)31-25(37)27(8-9-27)16-4-7-21-22(12-16)39-28(29,30)38-21;;;;;;/h4-7,10-12,19-20,24,33-36H,8-9,13-14H2,1-3H3,(H,31,37);6*1H/t19-,20+,24-;;;;;;/m1....../s1. The van der Waals surface area contributed by atoms with Crippen LogP contribution in [0.4, 0.5) is 14.5 Å². The summed E-state index contributed by atoms with van der Waals surface area (Å²) in [7, 11) is 0. The summed E-state index contributed by atoms with van der Waals surface area (Å²) in [6.07, 6.45) is -6.96. The van der Waals surface area contributed by atoms with Crippen molar-refractivity contribution in [3.8, 4) is 11.5 Å². The van der Waals surface area contributed by atoms with Crippen LogP contribution in [-0.4, -0.2) is 62.1 Å². The van der Waals surface area contributed by atoms with Crippen LogP contribution in [0.25, 0.3) is 10.9 Å². The van der Waals surface area contributed by atoms with Gasteiger partial charge in [-0.25, -0.2) is 0 Å². The summed E-state index contributed by atoms with van der Waals surface area (Å²) >= 11 is 0. The monoisotopic (exact) mass is 558 g/mol. The number of rotatable bonds is 8. The van der Waals surface area contributed by atoms with Crippen LogP contribution in [0.3, 0.4) is 0 Å². The summed E-state index contributed by atoms with van der Waals surface area (Å²) in [5.41, 5.74) is 1.53. The largest absolute Gasteiger partial charge is 0.586 e. The molecule has 2 heterocycles. The van der Waals surface area contributed by atoms with Crippen molar-refractivity contribution in [2.45, 2.75) is 75.6 Å². The van der Waals surface area contributed by atoms with Gasteiger partial charge in [-0.05, 0) is 54.8 Å². The van der Waals surface area contributed by atoms with Gasteiger partial charge in [0, 0.05) is 36.3 Å². The van der Waals surface area contributed by atoms with E-state index in [1.165, 1.54) is 12.1 Å². The summed E-state index contributed by atoms with van der Waals surface area (Å²) in [6.45, 7) is 5.31. The number of halogens is 2. The van der Waals surface area contributed by atoms with Crippen LogP contribution >= 0.6 is 0 Å². The zero-order valence-electron chi connectivity index (χ0n) is 21.8. The Morgan fingerprint density at radius 2 is 1.74 bits per heavy atom. The molecule has 9 nitrogen and oxygen atoms in total. The fourth-order valence-electron chi connectivity index (χ4n) is 5.10. The highest BCUT2D eigenvalue weighted by Gasteiger charge is 2.52. The average Bonchev–Trinajstić information content (AvgIpc) is 3.51. The topological polar surface area (TPSA) is 133 Å². The lowest BCUT2D eigenvalue weighted by molar-refractivity contribution is -0.286. The number of alkyl halides is 2. The zero-order valence-corrected chi connectivity index (χ0v) is 21.8. The zero-order chi connectivity index (χ0) is 28.3. The number of anilines is 1. The van der Waals surface area contributed by atoms with Crippen LogP contribution < -0.4 is 14.8 Å². The van der Waals surface area contributed by atoms with Crippen molar-refractivity contribution < 1.29 is 52.0 Å². The number of aromatic nitrogens is 1. The number of carbonyl (C=O) groups is 1. The van der Waals surface area contributed by atoms with Crippen molar-refractivity contribution >= 4 is 22.5 Å². The second-order valence-electron chi connectivity index (χ2n) is 11.3. The van der Waals surface area contributed by atoms with Crippen LogP contribution in [0.2, 0.25) is 0 Å². The van der Waals surface area contributed by atoms with Crippen molar-refractivity contribution in [1.29, 1.82) is 0 Å². The molecule has 1 amide bonds. The van der Waals surface area contributed by atoms with E-state index in [-0.39, 0.29) is 37.9 Å². The number of aliphatic hydroxyl groups is 4. The number of ether oxygens (including phenoxy) is 2. The van der Waals surface area contributed by atoms with E-state index in [1.54, 1.807) is 24.3 Å². The summed E-state index contributed by atoms with van der Waals surface area (Å²) in [6, 6.07) is 11.7. The molecule has 1 fully saturated rings. The molecule has 0 saturated heterocycles. The van der Waals surface area contributed by atoms with E-state index in [1.807, 2.05) is 31.4 Å². The molecule has 1 aliphatic heterocycles. The van der Waals surface area contributed by atoms with E-state index >= 15 is 0 Å². The van der Waals surface area contributed by atoms with Crippen LogP contribution in [0.5, 0.6) is 11.5 Å². The Balaban J connectivity index is 0. The van der Waals surface area contributed by atoms with Crippen molar-refractivity contribution in [2.24, 2.45) is 0 Å². The maximum atomic E-state index is 13.4. The number of carbonyl (C=O) groups excluding carboxylic acids is 1. The molecule has 3 atom stereocenters. The molecule has 1 aromatic heterocycles. The molecule has 0 unspecified atom stereocenters. The Hall–Kier alpha value is -3.25. The summed E-state index contributed by atoms with van der Waals surface area (Å²) in [5, 5.41) is 43.3. The molecule has 0 bridgehead atoms. The van der Waals surface area contributed by atoms with Crippen LogP contribution in [0.15, 0.2) is 42.5 Å². The van der Waals surface area contributed by atoms with Crippen LogP contribution in [0.1, 0.15) is 53.4 Å². The van der Waals surface area contributed by atoms with Gasteiger partial charge in [-0.15, -0.1) is 8.78 Å². The molecule has 39 heavy (non-hydrogen) atoms. The molecule has 5 N–H and O–H groups in total. The minimum atomic E-state index is -3.73. The predicted octanol–water partition coefficient (Wildman–Crippen LogP) is 4.48. The number of nitrogens with one attached hydrogen (secondary N) is 1. The van der Waals surface area contributed by atoms with Crippen molar-refractivity contribution in [1.82, 2.24) is 4.57 Å². The maximum Gasteiger partial charge on any atom is 0.586 e. The SMILES string of the molecule is CC(C)(C)c1cc2cc(NC(=O)C3(c4ccc5c(c4)OC(F)(F)O5)CC3)ccc2n1C[C@@H](O)[C@@H](O)[C@@H](O)CO.[HH].[HH].[HH].[HH].[HH].[HH]. The Kier molecular flexibility index (Phi) is 6.61. The highest BCUT2D eigenvalue weighted by molar-refractivity contribution is 6.02. The fraction of sp³-hybridized carbons (Fsp3) is 0.464. The number of nitrogens with zero attached hydrogens (tertiary/aromatic N) is 1. The van der Waals surface area contributed by atoms with Crippen LogP contribution in [-0.2, 0) is 22.2 Å². The normalized spacial score (nSPS) is 19.5. The molecule has 2 aromatic carbocycles. The summed E-state index contributed by atoms with van der Waals surface area (Å²) < 4.78 is 37.8. The Bertz CT molecular complexity index is 1440. The van der Waals surface area contributed by atoms with E-state index in [9.17, 15) is 28.9 Å². The maximum absolute atomic E-state index is 13.4. The van der Waals surface area contributed by atoms with Crippen molar-refractivity contribution in [3.05, 3.63) is 53.7 Å². The molecule has 3 aromatic rings. The number of hydrogen-bond donors (Lipinski definition) is 5. The Labute approximate surface area is 232 Å². The highest BCUT2D eigenvalue weighted by Crippen LogP contribution is 2.52. The number of amides is 1. The summed E-state index contributed by atoms with van der Waals surface area (Å²) in [5.74, 6) is -0.444. The lowest BCUT2D eigenvalue weighted by Crippen LogP contribution is -2.42. The number of fused-ring (bicyclic) bond motifs is 2. The predicted molar refractivity (Wildman–Crippen MR) is 151 cm³/mol. The molecule has 0 spiro atoms. The van der Waals surface area contributed by atoms with E-state index in [4.69, 9.17) is 5.11 Å². The molecular weight excluding hydrogens is 514 g/mol. The first-order valence-electron chi connectivity index (χ1n) is 12.7. The van der Waals surface area contributed by atoms with Gasteiger partial charge in [0.2, 0.25) is 5.91 Å². The van der Waals surface area contributed by atoms with Crippen molar-refractivity contribution in [3.63, 3.8) is 0 Å². The number of benzene rings is 2. The van der Waals surface area contributed by atoms with Gasteiger partial charge in [0.15, 0.2) is 11.5 Å². The molecule has 1 saturated carbocycles. The van der Waals surface area contributed by atoms with E-state index in [0.717, 1.165) is 16.6 Å². The minimum Gasteiger partial charge on any atom is -0.395 e. The smallest absolute Gasteiger partial charge is 0.395 e. The quantitative estimate of drug-likeness (QED) is 0.275. The molecule has 5 rings (SSSR count). The molecule has 0 radical (unpaired) electrons. The summed E-state index contributed by atoms with van der Waals surface area (Å²) in [4.78, 5) is 13.4. The number of aliphatic hydroxyl groups excluding tert-OH is 4. The fourth-order valence-corrected chi connectivity index (χ4v) is 5.10. The van der Waals surface area contributed by atoms with E-state index in [2.05, 4.69) is 14.8 Å². The van der Waals surface area contributed by atoms with Crippen molar-refractivity contribution in [2.75, 3.05) is 11.9 Å².